The lowest BCUT2D eigenvalue weighted by molar-refractivity contribution is 0.317. The van der Waals surface area contributed by atoms with Crippen molar-refractivity contribution in [2.45, 2.75) is 13.3 Å². The van der Waals surface area contributed by atoms with Crippen LogP contribution in [0.5, 0.6) is 5.75 Å². The van der Waals surface area contributed by atoms with Crippen molar-refractivity contribution in [3.05, 3.63) is 36.7 Å². The van der Waals surface area contributed by atoms with Crippen LogP contribution in [0, 0.1) is 0 Å². The molecule has 88 valence electrons. The molecule has 0 aliphatic rings. The van der Waals surface area contributed by atoms with Crippen LogP contribution in [0.25, 0.3) is 11.3 Å². The van der Waals surface area contributed by atoms with Crippen molar-refractivity contribution >= 4 is 5.82 Å². The molecule has 2 N–H and O–H groups in total. The van der Waals surface area contributed by atoms with Gasteiger partial charge < -0.3 is 10.5 Å². The van der Waals surface area contributed by atoms with E-state index >= 15 is 0 Å². The molecule has 1 aromatic carbocycles. The fraction of sp³-hybridized carbons (Fsp3) is 0.231. The Balaban J connectivity index is 2.30. The Morgan fingerprint density at radius 2 is 2.06 bits per heavy atom. The van der Waals surface area contributed by atoms with Gasteiger partial charge in [0.2, 0.25) is 0 Å². The summed E-state index contributed by atoms with van der Waals surface area (Å²) in [5.74, 6) is 1.26. The second-order valence-electron chi connectivity index (χ2n) is 3.67. The van der Waals surface area contributed by atoms with Crippen LogP contribution in [0.2, 0.25) is 0 Å². The largest absolute Gasteiger partial charge is 0.494 e. The number of ether oxygens (including phenoxy) is 1. The van der Waals surface area contributed by atoms with Gasteiger partial charge in [0.15, 0.2) is 0 Å². The molecule has 0 atom stereocenters. The Hall–Kier alpha value is -2.10. The molecule has 0 saturated heterocycles. The topological polar surface area (TPSA) is 61.0 Å². The summed E-state index contributed by atoms with van der Waals surface area (Å²) in [6.45, 7) is 2.78. The molecule has 0 amide bonds. The second kappa shape index (κ2) is 5.30. The van der Waals surface area contributed by atoms with Gasteiger partial charge in [-0.15, -0.1) is 0 Å². The number of rotatable bonds is 4. The Kier molecular flexibility index (Phi) is 3.55. The molecule has 0 unspecified atom stereocenters. The van der Waals surface area contributed by atoms with Crippen molar-refractivity contribution in [2.75, 3.05) is 12.3 Å². The molecular weight excluding hydrogens is 214 g/mol. The summed E-state index contributed by atoms with van der Waals surface area (Å²) in [6.07, 6.45) is 4.19. The number of anilines is 1. The molecule has 2 aromatic rings. The highest BCUT2D eigenvalue weighted by Crippen LogP contribution is 2.25. The number of nitrogens with zero attached hydrogens (tertiary/aromatic N) is 2. The van der Waals surface area contributed by atoms with Crippen LogP contribution in [-0.2, 0) is 0 Å². The molecule has 17 heavy (non-hydrogen) atoms. The van der Waals surface area contributed by atoms with E-state index in [1.54, 1.807) is 12.4 Å². The standard InChI is InChI=1S/C13H15N3O/c1-2-8-17-11-5-3-4-10(9-11)12-13(14)16-7-6-15-12/h3-7,9H,2,8H2,1H3,(H2,14,16). The molecular formula is C13H15N3O. The summed E-state index contributed by atoms with van der Waals surface area (Å²) < 4.78 is 5.57. The van der Waals surface area contributed by atoms with Crippen LogP contribution >= 0.6 is 0 Å². The number of hydrogen-bond donors (Lipinski definition) is 1. The first kappa shape index (κ1) is 11.4. The first-order chi connectivity index (χ1) is 8.31. The Morgan fingerprint density at radius 3 is 2.82 bits per heavy atom. The first-order valence-corrected chi connectivity index (χ1v) is 5.61. The fourth-order valence-corrected chi connectivity index (χ4v) is 1.52. The van der Waals surface area contributed by atoms with Crippen LogP contribution in [-0.4, -0.2) is 16.6 Å². The Bertz CT molecular complexity index is 500. The van der Waals surface area contributed by atoms with Crippen LogP contribution < -0.4 is 10.5 Å². The third kappa shape index (κ3) is 2.72. The Labute approximate surface area is 100 Å². The molecule has 0 spiro atoms. The van der Waals surface area contributed by atoms with E-state index in [-0.39, 0.29) is 0 Å². The average Bonchev–Trinajstić information content (AvgIpc) is 2.37. The minimum Gasteiger partial charge on any atom is -0.494 e. The van der Waals surface area contributed by atoms with Gasteiger partial charge in [-0.3, -0.25) is 4.98 Å². The highest BCUT2D eigenvalue weighted by Gasteiger charge is 2.05. The number of benzene rings is 1. The van der Waals surface area contributed by atoms with Crippen molar-refractivity contribution in [1.29, 1.82) is 0 Å². The van der Waals surface area contributed by atoms with Gasteiger partial charge in [0.1, 0.15) is 17.3 Å². The van der Waals surface area contributed by atoms with Gasteiger partial charge in [0.25, 0.3) is 0 Å². The van der Waals surface area contributed by atoms with E-state index in [0.717, 1.165) is 17.7 Å². The quantitative estimate of drug-likeness (QED) is 0.875. The highest BCUT2D eigenvalue weighted by atomic mass is 16.5. The summed E-state index contributed by atoms with van der Waals surface area (Å²) in [7, 11) is 0. The smallest absolute Gasteiger partial charge is 0.149 e. The van der Waals surface area contributed by atoms with E-state index in [0.29, 0.717) is 18.1 Å². The van der Waals surface area contributed by atoms with Crippen molar-refractivity contribution in [2.24, 2.45) is 0 Å². The van der Waals surface area contributed by atoms with E-state index in [1.807, 2.05) is 24.3 Å². The Morgan fingerprint density at radius 1 is 1.24 bits per heavy atom. The monoisotopic (exact) mass is 229 g/mol. The molecule has 1 aromatic heterocycles. The van der Waals surface area contributed by atoms with E-state index in [1.165, 1.54) is 0 Å². The fourth-order valence-electron chi connectivity index (χ4n) is 1.52. The normalized spacial score (nSPS) is 10.2. The van der Waals surface area contributed by atoms with Gasteiger partial charge >= 0.3 is 0 Å². The number of nitrogens with two attached hydrogens (primary N) is 1. The van der Waals surface area contributed by atoms with Gasteiger partial charge in [-0.25, -0.2) is 4.98 Å². The lowest BCUT2D eigenvalue weighted by atomic mass is 10.1. The predicted octanol–water partition coefficient (Wildman–Crippen LogP) is 2.51. The third-order valence-corrected chi connectivity index (χ3v) is 2.31. The molecule has 0 aliphatic heterocycles. The lowest BCUT2D eigenvalue weighted by Crippen LogP contribution is -1.97. The van der Waals surface area contributed by atoms with E-state index in [2.05, 4.69) is 16.9 Å². The van der Waals surface area contributed by atoms with Gasteiger partial charge in [-0.1, -0.05) is 19.1 Å². The molecule has 4 nitrogen and oxygen atoms in total. The first-order valence-electron chi connectivity index (χ1n) is 5.61. The van der Waals surface area contributed by atoms with E-state index in [9.17, 15) is 0 Å². The van der Waals surface area contributed by atoms with Crippen molar-refractivity contribution in [1.82, 2.24) is 9.97 Å². The van der Waals surface area contributed by atoms with Crippen LogP contribution in [0.3, 0.4) is 0 Å². The molecule has 0 aliphatic carbocycles. The zero-order chi connectivity index (χ0) is 12.1. The number of hydrogen-bond acceptors (Lipinski definition) is 4. The van der Waals surface area contributed by atoms with Crippen LogP contribution in [0.4, 0.5) is 5.82 Å². The zero-order valence-corrected chi connectivity index (χ0v) is 9.76. The second-order valence-corrected chi connectivity index (χ2v) is 3.67. The molecule has 1 heterocycles. The van der Waals surface area contributed by atoms with Gasteiger partial charge in [0.05, 0.1) is 6.61 Å². The number of aromatic nitrogens is 2. The third-order valence-electron chi connectivity index (χ3n) is 2.31. The maximum atomic E-state index is 5.79. The highest BCUT2D eigenvalue weighted by molar-refractivity contribution is 5.70. The minimum atomic E-state index is 0.431. The van der Waals surface area contributed by atoms with E-state index in [4.69, 9.17) is 10.5 Å². The average molecular weight is 229 g/mol. The van der Waals surface area contributed by atoms with Gasteiger partial charge in [-0.2, -0.15) is 0 Å². The van der Waals surface area contributed by atoms with Crippen molar-refractivity contribution in [3.63, 3.8) is 0 Å². The summed E-state index contributed by atoms with van der Waals surface area (Å²) >= 11 is 0. The molecule has 0 radical (unpaired) electrons. The molecule has 0 fully saturated rings. The summed E-state index contributed by atoms with van der Waals surface area (Å²) in [6, 6.07) is 7.72. The molecule has 4 heteroatoms. The van der Waals surface area contributed by atoms with Gasteiger partial charge in [-0.05, 0) is 18.6 Å². The number of nitrogen functional groups attached to an aromatic ring is 1. The summed E-state index contributed by atoms with van der Waals surface area (Å²) in [5.41, 5.74) is 7.40. The SMILES string of the molecule is CCCOc1cccc(-c2nccnc2N)c1. The molecule has 2 rings (SSSR count). The van der Waals surface area contributed by atoms with Crippen LogP contribution in [0.15, 0.2) is 36.7 Å². The zero-order valence-electron chi connectivity index (χ0n) is 9.76. The summed E-state index contributed by atoms with van der Waals surface area (Å²) in [5, 5.41) is 0. The minimum absolute atomic E-state index is 0.431. The van der Waals surface area contributed by atoms with Gasteiger partial charge in [0, 0.05) is 18.0 Å². The molecule has 0 bridgehead atoms. The lowest BCUT2D eigenvalue weighted by Gasteiger charge is -2.07. The van der Waals surface area contributed by atoms with E-state index < -0.39 is 0 Å². The molecule has 0 saturated carbocycles. The maximum absolute atomic E-state index is 5.79. The maximum Gasteiger partial charge on any atom is 0.149 e. The van der Waals surface area contributed by atoms with Crippen molar-refractivity contribution < 1.29 is 4.74 Å². The van der Waals surface area contributed by atoms with Crippen LogP contribution in [0.1, 0.15) is 13.3 Å². The predicted molar refractivity (Wildman–Crippen MR) is 67.7 cm³/mol. The summed E-state index contributed by atoms with van der Waals surface area (Å²) in [4.78, 5) is 8.25. The van der Waals surface area contributed by atoms with Crippen molar-refractivity contribution in [3.8, 4) is 17.0 Å².